The summed E-state index contributed by atoms with van der Waals surface area (Å²) in [5.74, 6) is 1.17. The van der Waals surface area contributed by atoms with Gasteiger partial charge in [-0.1, -0.05) is 25.4 Å². The first-order chi connectivity index (χ1) is 14.2. The van der Waals surface area contributed by atoms with Crippen LogP contribution in [0.15, 0.2) is 42.5 Å². The first-order valence-corrected chi connectivity index (χ1v) is 10.3. The lowest BCUT2D eigenvalue weighted by atomic mass is 9.92. The maximum Gasteiger partial charge on any atom is 0.262 e. The lowest BCUT2D eigenvalue weighted by molar-refractivity contribution is -0.127. The lowest BCUT2D eigenvalue weighted by Crippen LogP contribution is -2.43. The number of benzene rings is 2. The summed E-state index contributed by atoms with van der Waals surface area (Å²) in [5.41, 5.74) is 0.600. The van der Waals surface area contributed by atoms with Crippen molar-refractivity contribution in [3.63, 3.8) is 0 Å². The second-order valence-electron chi connectivity index (χ2n) is 8.46. The largest absolute Gasteiger partial charge is 0.490 e. The zero-order valence-electron chi connectivity index (χ0n) is 17.7. The maximum atomic E-state index is 13.1. The minimum atomic E-state index is -0.635. The molecular weight excluding hydrogens is 404 g/mol. The van der Waals surface area contributed by atoms with E-state index in [0.717, 1.165) is 0 Å². The highest BCUT2D eigenvalue weighted by molar-refractivity contribution is 6.30. The van der Waals surface area contributed by atoms with E-state index in [1.165, 1.54) is 0 Å². The molecule has 2 amide bonds. The normalized spacial score (nSPS) is 15.3. The van der Waals surface area contributed by atoms with Gasteiger partial charge in [0.2, 0.25) is 5.91 Å². The van der Waals surface area contributed by atoms with Crippen LogP contribution in [0.3, 0.4) is 0 Å². The Kier molecular flexibility index (Phi) is 6.56. The monoisotopic (exact) mass is 430 g/mol. The zero-order valence-corrected chi connectivity index (χ0v) is 18.5. The smallest absolute Gasteiger partial charge is 0.262 e. The van der Waals surface area contributed by atoms with Gasteiger partial charge in [0, 0.05) is 17.3 Å². The second-order valence-corrected chi connectivity index (χ2v) is 8.89. The molecule has 160 valence electrons. The van der Waals surface area contributed by atoms with Gasteiger partial charge in [0.25, 0.3) is 5.91 Å². The summed E-state index contributed by atoms with van der Waals surface area (Å²) in [5, 5.41) is 3.42. The van der Waals surface area contributed by atoms with Gasteiger partial charge in [-0.05, 0) is 62.2 Å². The number of ether oxygens (including phenoxy) is 2. The molecule has 0 fully saturated rings. The van der Waals surface area contributed by atoms with Crippen molar-refractivity contribution in [2.45, 2.75) is 27.7 Å². The topological polar surface area (TPSA) is 67.9 Å². The van der Waals surface area contributed by atoms with Crippen LogP contribution in [0.4, 0.5) is 11.4 Å². The van der Waals surface area contributed by atoms with Crippen LogP contribution in [0.2, 0.25) is 5.02 Å². The number of nitrogens with zero attached hydrogens (tertiary/aromatic N) is 1. The molecule has 0 spiro atoms. The highest BCUT2D eigenvalue weighted by Gasteiger charge is 2.38. The van der Waals surface area contributed by atoms with Crippen LogP contribution in [0.1, 0.15) is 27.7 Å². The third-order valence-electron chi connectivity index (χ3n) is 4.68. The van der Waals surface area contributed by atoms with Gasteiger partial charge in [0.15, 0.2) is 6.61 Å². The number of hydrogen-bond acceptors (Lipinski definition) is 4. The predicted molar refractivity (Wildman–Crippen MR) is 118 cm³/mol. The van der Waals surface area contributed by atoms with E-state index in [2.05, 4.69) is 19.2 Å². The number of carbonyl (C=O) groups excluding carboxylic acids is 2. The van der Waals surface area contributed by atoms with Crippen LogP contribution in [0.25, 0.3) is 0 Å². The molecule has 0 aromatic heterocycles. The molecule has 0 saturated carbocycles. The Morgan fingerprint density at radius 1 is 1.23 bits per heavy atom. The summed E-state index contributed by atoms with van der Waals surface area (Å²) in [6.45, 7) is 8.61. The van der Waals surface area contributed by atoms with Gasteiger partial charge in [-0.25, -0.2) is 0 Å². The van der Waals surface area contributed by atoms with Gasteiger partial charge >= 0.3 is 0 Å². The third kappa shape index (κ3) is 5.25. The summed E-state index contributed by atoms with van der Waals surface area (Å²) in [6, 6.07) is 12.1. The Labute approximate surface area is 182 Å². The molecule has 0 atom stereocenters. The molecule has 0 radical (unpaired) electrons. The molecule has 0 bridgehead atoms. The van der Waals surface area contributed by atoms with E-state index >= 15 is 0 Å². The summed E-state index contributed by atoms with van der Waals surface area (Å²) < 4.78 is 11.4. The van der Waals surface area contributed by atoms with Gasteiger partial charge in [0.05, 0.1) is 11.1 Å². The quantitative estimate of drug-likeness (QED) is 0.717. The molecule has 0 aliphatic carbocycles. The average Bonchev–Trinajstić information content (AvgIpc) is 2.78. The van der Waals surface area contributed by atoms with E-state index in [-0.39, 0.29) is 24.3 Å². The molecule has 0 unspecified atom stereocenters. The Morgan fingerprint density at radius 2 is 1.93 bits per heavy atom. The lowest BCUT2D eigenvalue weighted by Gasteiger charge is -2.29. The minimum absolute atomic E-state index is 0.00417. The molecule has 1 heterocycles. The molecule has 1 aliphatic rings. The van der Waals surface area contributed by atoms with Crippen molar-refractivity contribution >= 4 is 34.8 Å². The second kappa shape index (κ2) is 8.96. The number of amides is 2. The number of anilines is 2. The van der Waals surface area contributed by atoms with E-state index in [1.54, 1.807) is 47.4 Å². The average molecular weight is 431 g/mol. The van der Waals surface area contributed by atoms with Gasteiger partial charge < -0.3 is 19.7 Å². The highest BCUT2D eigenvalue weighted by Crippen LogP contribution is 2.38. The van der Waals surface area contributed by atoms with Crippen molar-refractivity contribution in [1.29, 1.82) is 0 Å². The van der Waals surface area contributed by atoms with Crippen LogP contribution in [-0.4, -0.2) is 31.6 Å². The number of hydrogen-bond donors (Lipinski definition) is 1. The van der Waals surface area contributed by atoms with Gasteiger partial charge in [-0.3, -0.25) is 9.59 Å². The maximum absolute atomic E-state index is 13.1. The summed E-state index contributed by atoms with van der Waals surface area (Å²) >= 11 is 5.85. The Morgan fingerprint density at radius 3 is 2.60 bits per heavy atom. The third-order valence-corrected chi connectivity index (χ3v) is 4.93. The number of fused-ring (bicyclic) bond motifs is 1. The van der Waals surface area contributed by atoms with E-state index in [0.29, 0.717) is 41.0 Å². The first-order valence-electron chi connectivity index (χ1n) is 9.93. The zero-order chi connectivity index (χ0) is 21.9. The molecular formula is C23H27ClN2O4. The molecule has 30 heavy (non-hydrogen) atoms. The van der Waals surface area contributed by atoms with Crippen molar-refractivity contribution in [1.82, 2.24) is 0 Å². The van der Waals surface area contributed by atoms with Crippen molar-refractivity contribution in [3.05, 3.63) is 47.5 Å². The van der Waals surface area contributed by atoms with Crippen molar-refractivity contribution in [2.75, 3.05) is 30.0 Å². The first kappa shape index (κ1) is 22.0. The predicted octanol–water partition coefficient (Wildman–Crippen LogP) is 4.77. The van der Waals surface area contributed by atoms with Gasteiger partial charge in [-0.2, -0.15) is 0 Å². The minimum Gasteiger partial charge on any atom is -0.490 e. The van der Waals surface area contributed by atoms with E-state index in [9.17, 15) is 9.59 Å². The molecule has 0 saturated heterocycles. The van der Waals surface area contributed by atoms with Crippen LogP contribution in [0.5, 0.6) is 11.5 Å². The molecule has 2 aromatic carbocycles. The summed E-state index contributed by atoms with van der Waals surface area (Å²) in [7, 11) is 0. The fourth-order valence-electron chi connectivity index (χ4n) is 3.15. The molecule has 3 rings (SSSR count). The van der Waals surface area contributed by atoms with E-state index in [1.807, 2.05) is 13.8 Å². The van der Waals surface area contributed by atoms with Crippen LogP contribution >= 0.6 is 11.6 Å². The number of carbonyl (C=O) groups is 2. The van der Waals surface area contributed by atoms with Crippen molar-refractivity contribution in [2.24, 2.45) is 11.3 Å². The number of rotatable bonds is 6. The fraction of sp³-hybridized carbons (Fsp3) is 0.391. The molecule has 2 aromatic rings. The SMILES string of the molecule is CC(C)CN1C(=O)C(C)(C)COc2ccc(NC(=O)COc3ccc(Cl)cc3)cc21. The standard InChI is InChI=1S/C23H27ClN2O4/c1-15(2)12-26-19-11-17(7-10-20(19)30-14-23(3,4)22(26)28)25-21(27)13-29-18-8-5-16(24)6-9-18/h5-11,15H,12-14H2,1-4H3,(H,25,27). The molecule has 1 aliphatic heterocycles. The van der Waals surface area contributed by atoms with Crippen LogP contribution in [-0.2, 0) is 9.59 Å². The van der Waals surface area contributed by atoms with Crippen LogP contribution in [0, 0.1) is 11.3 Å². The van der Waals surface area contributed by atoms with E-state index < -0.39 is 5.41 Å². The Hall–Kier alpha value is -2.73. The fourth-order valence-corrected chi connectivity index (χ4v) is 3.27. The molecule has 7 heteroatoms. The highest BCUT2D eigenvalue weighted by atomic mass is 35.5. The number of nitrogens with one attached hydrogen (secondary N) is 1. The van der Waals surface area contributed by atoms with Gasteiger partial charge in [-0.15, -0.1) is 0 Å². The Bertz CT molecular complexity index is 925. The van der Waals surface area contributed by atoms with E-state index in [4.69, 9.17) is 21.1 Å². The summed E-state index contributed by atoms with van der Waals surface area (Å²) in [4.78, 5) is 27.2. The molecule has 6 nitrogen and oxygen atoms in total. The Balaban J connectivity index is 1.75. The van der Waals surface area contributed by atoms with Crippen LogP contribution < -0.4 is 19.7 Å². The van der Waals surface area contributed by atoms with Crippen molar-refractivity contribution in [3.8, 4) is 11.5 Å². The molecule has 1 N–H and O–H groups in total. The van der Waals surface area contributed by atoms with Gasteiger partial charge in [0.1, 0.15) is 18.1 Å². The summed E-state index contributed by atoms with van der Waals surface area (Å²) in [6.07, 6.45) is 0. The number of halogens is 1. The van der Waals surface area contributed by atoms with Crippen molar-refractivity contribution < 1.29 is 19.1 Å².